The van der Waals surface area contributed by atoms with Crippen molar-refractivity contribution in [3.63, 3.8) is 0 Å². The molecule has 1 aliphatic rings. The summed E-state index contributed by atoms with van der Waals surface area (Å²) in [5.41, 5.74) is 4.89. The van der Waals surface area contributed by atoms with Gasteiger partial charge in [-0.25, -0.2) is 17.5 Å². The summed E-state index contributed by atoms with van der Waals surface area (Å²) in [6.45, 7) is 5.47. The third-order valence-electron chi connectivity index (χ3n) is 6.57. The first-order valence-electron chi connectivity index (χ1n) is 11.7. The number of carbonyl (C=O) groups is 2. The number of esters is 1. The van der Waals surface area contributed by atoms with Crippen LogP contribution in [-0.2, 0) is 32.4 Å². The predicted molar refractivity (Wildman–Crippen MR) is 135 cm³/mol. The maximum absolute atomic E-state index is 12.8. The summed E-state index contributed by atoms with van der Waals surface area (Å²) in [4.78, 5) is 29.1. The van der Waals surface area contributed by atoms with Crippen LogP contribution in [0.5, 0.6) is 0 Å². The Morgan fingerprint density at radius 2 is 1.91 bits per heavy atom. The molecule has 0 aliphatic heterocycles. The molecule has 1 heterocycles. The van der Waals surface area contributed by atoms with E-state index in [1.807, 2.05) is 12.1 Å². The molecule has 0 radical (unpaired) electrons. The summed E-state index contributed by atoms with van der Waals surface area (Å²) >= 11 is 0. The molecule has 8 nitrogen and oxygen atoms in total. The third-order valence-corrected chi connectivity index (χ3v) is 8.38. The van der Waals surface area contributed by atoms with Crippen molar-refractivity contribution in [2.24, 2.45) is 5.92 Å². The maximum atomic E-state index is 12.8. The normalized spacial score (nSPS) is 16.7. The van der Waals surface area contributed by atoms with Crippen molar-refractivity contribution in [1.82, 2.24) is 9.29 Å². The third kappa shape index (κ3) is 4.97. The zero-order valence-electron chi connectivity index (χ0n) is 20.6. The van der Waals surface area contributed by atoms with Crippen LogP contribution in [0.2, 0.25) is 0 Å². The van der Waals surface area contributed by atoms with Gasteiger partial charge in [0, 0.05) is 36.4 Å². The quantitative estimate of drug-likeness (QED) is 0.500. The topological polar surface area (TPSA) is 109 Å². The highest BCUT2D eigenvalue weighted by atomic mass is 32.2. The van der Waals surface area contributed by atoms with Crippen LogP contribution in [-0.4, -0.2) is 49.8 Å². The number of nitrogens with one attached hydrogen (secondary N) is 2. The van der Waals surface area contributed by atoms with Gasteiger partial charge in [-0.15, -0.1) is 0 Å². The van der Waals surface area contributed by atoms with E-state index in [1.54, 1.807) is 19.1 Å². The lowest BCUT2D eigenvalue weighted by molar-refractivity contribution is -0.123. The van der Waals surface area contributed by atoms with Gasteiger partial charge in [-0.3, -0.25) is 4.79 Å². The van der Waals surface area contributed by atoms with Gasteiger partial charge in [-0.2, -0.15) is 0 Å². The molecule has 0 fully saturated rings. The molecule has 186 valence electrons. The minimum absolute atomic E-state index is 0.0607. The number of nitrogens with zero attached hydrogens (tertiary/aromatic N) is 1. The van der Waals surface area contributed by atoms with Crippen LogP contribution in [0.25, 0.3) is 10.9 Å². The number of rotatable bonds is 6. The van der Waals surface area contributed by atoms with Crippen LogP contribution in [0.1, 0.15) is 47.4 Å². The van der Waals surface area contributed by atoms with Crippen molar-refractivity contribution in [2.45, 2.75) is 51.0 Å². The second-order valence-electron chi connectivity index (χ2n) is 9.49. The molecule has 0 saturated heterocycles. The predicted octanol–water partition coefficient (Wildman–Crippen LogP) is 4.04. The second kappa shape index (κ2) is 9.47. The highest BCUT2D eigenvalue weighted by Crippen LogP contribution is 2.32. The summed E-state index contributed by atoms with van der Waals surface area (Å²) in [7, 11) is -0.775. The number of benzene rings is 2. The van der Waals surface area contributed by atoms with Crippen LogP contribution < -0.4 is 5.32 Å². The number of carbonyl (C=O) groups excluding carboxylic acids is 2. The average Bonchev–Trinajstić information content (AvgIpc) is 3.17. The smallest absolute Gasteiger partial charge is 0.338 e. The number of aromatic amines is 1. The van der Waals surface area contributed by atoms with Crippen molar-refractivity contribution >= 4 is 38.5 Å². The van der Waals surface area contributed by atoms with Crippen molar-refractivity contribution in [3.05, 3.63) is 58.8 Å². The number of anilines is 1. The molecular weight excluding hydrogens is 466 g/mol. The highest BCUT2D eigenvalue weighted by molar-refractivity contribution is 7.89. The zero-order valence-corrected chi connectivity index (χ0v) is 21.5. The Labute approximate surface area is 205 Å². The minimum Gasteiger partial charge on any atom is -0.449 e. The van der Waals surface area contributed by atoms with Gasteiger partial charge in [0.15, 0.2) is 6.10 Å². The van der Waals surface area contributed by atoms with Gasteiger partial charge < -0.3 is 15.0 Å². The lowest BCUT2D eigenvalue weighted by Gasteiger charge is -2.18. The van der Waals surface area contributed by atoms with Crippen LogP contribution in [0.15, 0.2) is 41.3 Å². The Bertz CT molecular complexity index is 1410. The number of sulfonamides is 1. The molecule has 0 unspecified atom stereocenters. The van der Waals surface area contributed by atoms with Gasteiger partial charge in [-0.1, -0.05) is 13.0 Å². The number of ether oxygens (including phenoxy) is 1. The SMILES string of the molecule is Cc1ccc(S(=O)(=O)N(C)C)cc1NC(=O)[C@@H](C)OC(=O)c1ccc2[nH]c3c(c2c1)C[C@@H](C)CC3. The van der Waals surface area contributed by atoms with Crippen LogP contribution in [0.4, 0.5) is 5.69 Å². The van der Waals surface area contributed by atoms with E-state index in [4.69, 9.17) is 4.74 Å². The Hall–Kier alpha value is -3.17. The first-order chi connectivity index (χ1) is 16.5. The number of aryl methyl sites for hydroxylation is 2. The minimum atomic E-state index is -3.66. The lowest BCUT2D eigenvalue weighted by atomic mass is 9.87. The van der Waals surface area contributed by atoms with E-state index in [0.717, 1.165) is 34.5 Å². The number of hydrogen-bond acceptors (Lipinski definition) is 5. The summed E-state index contributed by atoms with van der Waals surface area (Å²) in [6.07, 6.45) is 2.03. The molecule has 2 N–H and O–H groups in total. The monoisotopic (exact) mass is 497 g/mol. The van der Waals surface area contributed by atoms with Gasteiger partial charge in [0.1, 0.15) is 0 Å². The molecule has 1 amide bonds. The highest BCUT2D eigenvalue weighted by Gasteiger charge is 2.24. The summed E-state index contributed by atoms with van der Waals surface area (Å²) < 4.78 is 31.4. The lowest BCUT2D eigenvalue weighted by Crippen LogP contribution is -2.30. The Kier molecular flexibility index (Phi) is 6.75. The van der Waals surface area contributed by atoms with Crippen LogP contribution in [0, 0.1) is 12.8 Å². The molecule has 1 aliphatic carbocycles. The maximum Gasteiger partial charge on any atom is 0.338 e. The number of hydrogen-bond donors (Lipinski definition) is 2. The molecule has 0 spiro atoms. The number of H-pyrrole nitrogens is 1. The number of fused-ring (bicyclic) bond motifs is 3. The van der Waals surface area contributed by atoms with E-state index in [9.17, 15) is 18.0 Å². The largest absolute Gasteiger partial charge is 0.449 e. The molecular formula is C26H31N3O5S. The summed E-state index contributed by atoms with van der Waals surface area (Å²) in [6, 6.07) is 9.91. The second-order valence-corrected chi connectivity index (χ2v) is 11.6. The Morgan fingerprint density at radius 1 is 1.17 bits per heavy atom. The van der Waals surface area contributed by atoms with Crippen LogP contribution in [0.3, 0.4) is 0 Å². The molecule has 2 aromatic carbocycles. The first-order valence-corrected chi connectivity index (χ1v) is 13.1. The zero-order chi connectivity index (χ0) is 25.5. The van der Waals surface area contributed by atoms with Gasteiger partial charge in [-0.05, 0) is 80.5 Å². The van der Waals surface area contributed by atoms with Gasteiger partial charge >= 0.3 is 5.97 Å². The average molecular weight is 498 g/mol. The Morgan fingerprint density at radius 3 is 2.63 bits per heavy atom. The fourth-order valence-electron chi connectivity index (χ4n) is 4.34. The molecule has 4 rings (SSSR count). The molecule has 3 aromatic rings. The van der Waals surface area contributed by atoms with E-state index < -0.39 is 28.0 Å². The summed E-state index contributed by atoms with van der Waals surface area (Å²) in [5.74, 6) is -0.542. The van der Waals surface area contributed by atoms with E-state index in [0.29, 0.717) is 22.7 Å². The molecule has 2 atom stereocenters. The summed E-state index contributed by atoms with van der Waals surface area (Å²) in [5, 5.41) is 3.71. The molecule has 0 saturated carbocycles. The number of aromatic nitrogens is 1. The van der Waals surface area contributed by atoms with E-state index in [-0.39, 0.29) is 4.90 Å². The van der Waals surface area contributed by atoms with E-state index in [2.05, 4.69) is 17.2 Å². The van der Waals surface area contributed by atoms with Gasteiger partial charge in [0.25, 0.3) is 5.91 Å². The van der Waals surface area contributed by atoms with Crippen molar-refractivity contribution in [2.75, 3.05) is 19.4 Å². The first kappa shape index (κ1) is 24.9. The van der Waals surface area contributed by atoms with Gasteiger partial charge in [0.05, 0.1) is 10.5 Å². The van der Waals surface area contributed by atoms with E-state index >= 15 is 0 Å². The molecule has 9 heteroatoms. The van der Waals surface area contributed by atoms with Crippen molar-refractivity contribution in [3.8, 4) is 0 Å². The number of amides is 1. The van der Waals surface area contributed by atoms with Crippen LogP contribution >= 0.6 is 0 Å². The molecule has 35 heavy (non-hydrogen) atoms. The standard InChI is InChI=1S/C26H31N3O5S/c1-15-6-10-22-20(12-15)21-13-18(8-11-23(21)27-22)26(31)34-17(3)25(30)28-24-14-19(9-7-16(24)2)35(32,33)29(4)5/h7-9,11,13-15,17,27H,6,10,12H2,1-5H3,(H,28,30)/t15-,17+/m0/s1. The molecule has 1 aromatic heterocycles. The fourth-order valence-corrected chi connectivity index (χ4v) is 5.27. The fraction of sp³-hybridized carbons (Fsp3) is 0.385. The van der Waals surface area contributed by atoms with Gasteiger partial charge in [0.2, 0.25) is 10.0 Å². The molecule has 0 bridgehead atoms. The van der Waals surface area contributed by atoms with Crippen molar-refractivity contribution in [1.29, 1.82) is 0 Å². The van der Waals surface area contributed by atoms with E-state index in [1.165, 1.54) is 44.4 Å². The Balaban J connectivity index is 1.49. The van der Waals surface area contributed by atoms with Crippen molar-refractivity contribution < 1.29 is 22.7 Å².